The maximum Gasteiger partial charge on any atom is 0.341 e. The Kier molecular flexibility index (Phi) is 3.77. The van der Waals surface area contributed by atoms with Crippen LogP contribution in [-0.2, 0) is 0 Å². The van der Waals surface area contributed by atoms with Gasteiger partial charge in [-0.15, -0.1) is 0 Å². The van der Waals surface area contributed by atoms with Crippen LogP contribution in [0, 0.1) is 0 Å². The maximum absolute atomic E-state index is 11.7. The first-order chi connectivity index (χ1) is 9.66. The van der Waals surface area contributed by atoms with Crippen LogP contribution in [-0.4, -0.2) is 31.5 Å². The molecule has 0 atom stereocenters. The predicted molar refractivity (Wildman–Crippen MR) is 76.2 cm³/mol. The van der Waals surface area contributed by atoms with Gasteiger partial charge in [0.05, 0.1) is 11.2 Å². The smallest absolute Gasteiger partial charge is 0.341 e. The Morgan fingerprint density at radius 1 is 1.14 bits per heavy atom. The molecule has 0 radical (unpaired) electrons. The van der Waals surface area contributed by atoms with Crippen LogP contribution >= 0.6 is 0 Å². The molecule has 21 heavy (non-hydrogen) atoms. The standard InChI is InChI=1S/C14H9N3O3.H2O/c18-13-10(14(19)20)7-9-11(17-13)3-6-16-12(9)8-1-4-15-5-2-8;/h1-7H,(H,17,18)(H,19,20);1H2. The Labute approximate surface area is 118 Å². The number of carboxylic acids is 1. The lowest BCUT2D eigenvalue weighted by Gasteiger charge is -2.06. The molecule has 3 aromatic rings. The second-order valence-corrected chi connectivity index (χ2v) is 4.17. The molecule has 0 aliphatic rings. The summed E-state index contributed by atoms with van der Waals surface area (Å²) in [6, 6.07) is 6.52. The number of hydrogen-bond donors (Lipinski definition) is 2. The third-order valence-corrected chi connectivity index (χ3v) is 2.96. The second-order valence-electron chi connectivity index (χ2n) is 4.17. The van der Waals surface area contributed by atoms with Gasteiger partial charge < -0.3 is 15.6 Å². The molecule has 3 rings (SSSR count). The Hall–Kier alpha value is -3.06. The zero-order chi connectivity index (χ0) is 14.1. The molecule has 0 aliphatic heterocycles. The van der Waals surface area contributed by atoms with E-state index in [1.165, 1.54) is 6.07 Å². The summed E-state index contributed by atoms with van der Waals surface area (Å²) in [7, 11) is 0. The Bertz CT molecular complexity index is 859. The number of nitrogens with one attached hydrogen (secondary N) is 1. The second kappa shape index (κ2) is 5.51. The molecule has 3 heterocycles. The van der Waals surface area contributed by atoms with Gasteiger partial charge >= 0.3 is 5.97 Å². The molecule has 0 aliphatic carbocycles. The van der Waals surface area contributed by atoms with Crippen LogP contribution < -0.4 is 5.56 Å². The minimum absolute atomic E-state index is 0. The van der Waals surface area contributed by atoms with Gasteiger partial charge in [-0.25, -0.2) is 4.79 Å². The predicted octanol–water partition coefficient (Wildman–Crippen LogP) is 0.859. The average molecular weight is 285 g/mol. The fourth-order valence-electron chi connectivity index (χ4n) is 2.03. The summed E-state index contributed by atoms with van der Waals surface area (Å²) in [5.74, 6) is -1.27. The van der Waals surface area contributed by atoms with E-state index in [0.717, 1.165) is 5.56 Å². The highest BCUT2D eigenvalue weighted by atomic mass is 16.4. The fraction of sp³-hybridized carbons (Fsp3) is 0. The van der Waals surface area contributed by atoms with Crippen molar-refractivity contribution in [3.05, 3.63) is 58.8 Å². The van der Waals surface area contributed by atoms with E-state index in [1.54, 1.807) is 36.8 Å². The number of aromatic carboxylic acids is 1. The van der Waals surface area contributed by atoms with Crippen LogP contribution in [0.3, 0.4) is 0 Å². The number of H-pyrrole nitrogens is 1. The van der Waals surface area contributed by atoms with E-state index in [2.05, 4.69) is 15.0 Å². The molecule has 0 aromatic carbocycles. The van der Waals surface area contributed by atoms with E-state index < -0.39 is 11.5 Å². The van der Waals surface area contributed by atoms with Crippen molar-refractivity contribution in [2.24, 2.45) is 0 Å². The molecule has 0 fully saturated rings. The van der Waals surface area contributed by atoms with Crippen molar-refractivity contribution in [1.29, 1.82) is 0 Å². The molecule has 0 bridgehead atoms. The minimum Gasteiger partial charge on any atom is -0.477 e. The van der Waals surface area contributed by atoms with E-state index in [9.17, 15) is 9.59 Å². The number of nitrogens with zero attached hydrogens (tertiary/aromatic N) is 2. The summed E-state index contributed by atoms with van der Waals surface area (Å²) in [6.45, 7) is 0. The zero-order valence-electron chi connectivity index (χ0n) is 10.7. The molecule has 0 amide bonds. The fourth-order valence-corrected chi connectivity index (χ4v) is 2.03. The van der Waals surface area contributed by atoms with E-state index in [4.69, 9.17) is 5.11 Å². The van der Waals surface area contributed by atoms with Gasteiger partial charge in [-0.1, -0.05) is 0 Å². The molecular weight excluding hydrogens is 274 g/mol. The van der Waals surface area contributed by atoms with Crippen LogP contribution in [0.2, 0.25) is 0 Å². The van der Waals surface area contributed by atoms with E-state index in [1.807, 2.05) is 0 Å². The lowest BCUT2D eigenvalue weighted by molar-refractivity contribution is 0.0695. The zero-order valence-corrected chi connectivity index (χ0v) is 10.7. The summed E-state index contributed by atoms with van der Waals surface area (Å²) in [5, 5.41) is 9.62. The van der Waals surface area contributed by atoms with Crippen molar-refractivity contribution >= 4 is 16.9 Å². The molecule has 3 aromatic heterocycles. The normalized spacial score (nSPS) is 10.1. The van der Waals surface area contributed by atoms with Crippen LogP contribution in [0.25, 0.3) is 22.2 Å². The van der Waals surface area contributed by atoms with Crippen molar-refractivity contribution in [2.45, 2.75) is 0 Å². The monoisotopic (exact) mass is 285 g/mol. The largest absolute Gasteiger partial charge is 0.477 e. The van der Waals surface area contributed by atoms with E-state index >= 15 is 0 Å². The first-order valence-electron chi connectivity index (χ1n) is 5.82. The number of aromatic amines is 1. The number of hydrogen-bond acceptors (Lipinski definition) is 4. The summed E-state index contributed by atoms with van der Waals surface area (Å²) in [6.07, 6.45) is 4.81. The quantitative estimate of drug-likeness (QED) is 0.721. The first kappa shape index (κ1) is 14.4. The molecule has 7 nitrogen and oxygen atoms in total. The molecule has 106 valence electrons. The Morgan fingerprint density at radius 2 is 1.86 bits per heavy atom. The van der Waals surface area contributed by atoms with Crippen molar-refractivity contribution in [3.63, 3.8) is 0 Å². The summed E-state index contributed by atoms with van der Waals surface area (Å²) < 4.78 is 0. The van der Waals surface area contributed by atoms with Crippen LogP contribution in [0.5, 0.6) is 0 Å². The average Bonchev–Trinajstić information content (AvgIpc) is 2.46. The van der Waals surface area contributed by atoms with Gasteiger partial charge in [0.2, 0.25) is 0 Å². The third-order valence-electron chi connectivity index (χ3n) is 2.96. The third kappa shape index (κ3) is 2.49. The molecule has 0 saturated heterocycles. The Morgan fingerprint density at radius 3 is 2.52 bits per heavy atom. The number of fused-ring (bicyclic) bond motifs is 1. The van der Waals surface area contributed by atoms with Gasteiger partial charge in [0.1, 0.15) is 5.56 Å². The topological polar surface area (TPSA) is 127 Å². The molecular formula is C14H11N3O4. The molecule has 7 heteroatoms. The van der Waals surface area contributed by atoms with E-state index in [0.29, 0.717) is 16.6 Å². The van der Waals surface area contributed by atoms with Crippen molar-refractivity contribution < 1.29 is 15.4 Å². The lowest BCUT2D eigenvalue weighted by atomic mass is 10.1. The first-order valence-corrected chi connectivity index (χ1v) is 5.82. The maximum atomic E-state index is 11.7. The summed E-state index contributed by atoms with van der Waals surface area (Å²) >= 11 is 0. The van der Waals surface area contributed by atoms with Gasteiger partial charge in [0.15, 0.2) is 0 Å². The number of carbonyl (C=O) groups is 1. The van der Waals surface area contributed by atoms with Gasteiger partial charge in [0.25, 0.3) is 5.56 Å². The lowest BCUT2D eigenvalue weighted by Crippen LogP contribution is -2.17. The number of rotatable bonds is 2. The number of aromatic nitrogens is 3. The molecule has 0 unspecified atom stereocenters. The van der Waals surface area contributed by atoms with Gasteiger partial charge in [-0.2, -0.15) is 0 Å². The summed E-state index contributed by atoms with van der Waals surface area (Å²) in [4.78, 5) is 33.5. The van der Waals surface area contributed by atoms with E-state index in [-0.39, 0.29) is 11.0 Å². The highest BCUT2D eigenvalue weighted by Crippen LogP contribution is 2.24. The molecule has 0 spiro atoms. The highest BCUT2D eigenvalue weighted by molar-refractivity contribution is 5.97. The molecule has 0 saturated carbocycles. The van der Waals surface area contributed by atoms with Crippen molar-refractivity contribution in [3.8, 4) is 11.3 Å². The summed E-state index contributed by atoms with van der Waals surface area (Å²) in [5.41, 5.74) is 1.01. The van der Waals surface area contributed by atoms with Crippen LogP contribution in [0.4, 0.5) is 0 Å². The van der Waals surface area contributed by atoms with Crippen LogP contribution in [0.15, 0.2) is 47.7 Å². The van der Waals surface area contributed by atoms with Crippen LogP contribution in [0.1, 0.15) is 10.4 Å². The van der Waals surface area contributed by atoms with Crippen molar-refractivity contribution in [2.75, 3.05) is 0 Å². The minimum atomic E-state index is -1.27. The van der Waals surface area contributed by atoms with Gasteiger partial charge in [-0.05, 0) is 24.3 Å². The SMILES string of the molecule is O.O=C(O)c1cc2c(-c3ccncc3)nccc2[nH]c1=O. The van der Waals surface area contributed by atoms with Gasteiger partial charge in [-0.3, -0.25) is 14.8 Å². The molecule has 4 N–H and O–H groups in total. The van der Waals surface area contributed by atoms with Gasteiger partial charge in [0, 0.05) is 29.5 Å². The Balaban J connectivity index is 0.00000161. The van der Waals surface area contributed by atoms with Crippen molar-refractivity contribution in [1.82, 2.24) is 15.0 Å². The highest BCUT2D eigenvalue weighted by Gasteiger charge is 2.13. The number of pyridine rings is 3. The number of carboxylic acid groups (broad SMARTS) is 1.